The minimum atomic E-state index is 0.824. The third kappa shape index (κ3) is 2.05. The van der Waals surface area contributed by atoms with Gasteiger partial charge in [0.2, 0.25) is 0 Å². The number of aromatic nitrogens is 1. The monoisotopic (exact) mass is 139 g/mol. The van der Waals surface area contributed by atoms with E-state index in [9.17, 15) is 0 Å². The molecule has 56 valence electrons. The highest BCUT2D eigenvalue weighted by Gasteiger charge is 1.93. The Hall–Kier alpha value is -1.05. The molecule has 0 fully saturated rings. The number of nitrogens with zero attached hydrogens (tertiary/aromatic N) is 1. The van der Waals surface area contributed by atoms with E-state index < -0.39 is 0 Å². The largest absolute Gasteiger partial charge is 0.364 e. The second kappa shape index (κ2) is 4.79. The van der Waals surface area contributed by atoms with E-state index in [2.05, 4.69) is 16.3 Å². The highest BCUT2D eigenvalue weighted by molar-refractivity contribution is 5.44. The summed E-state index contributed by atoms with van der Waals surface area (Å²) in [4.78, 5) is 0. The maximum Gasteiger partial charge on any atom is 0.127 e. The minimum Gasteiger partial charge on any atom is -0.364 e. The number of aryl methyl sites for hydroxylation is 1. The van der Waals surface area contributed by atoms with Crippen LogP contribution in [0.1, 0.15) is 25.1 Å². The van der Waals surface area contributed by atoms with Crippen molar-refractivity contribution in [3.8, 4) is 0 Å². The van der Waals surface area contributed by atoms with Crippen molar-refractivity contribution in [3.63, 3.8) is 0 Å². The van der Waals surface area contributed by atoms with Crippen LogP contribution in [-0.2, 0) is 0 Å². The minimum absolute atomic E-state index is 0.824. The molecule has 1 heterocycles. The van der Waals surface area contributed by atoms with Crippen molar-refractivity contribution in [2.75, 3.05) is 0 Å². The molecule has 2 nitrogen and oxygen atoms in total. The predicted molar refractivity (Wildman–Crippen MR) is 42.7 cm³/mol. The van der Waals surface area contributed by atoms with Crippen LogP contribution in [-0.4, -0.2) is 5.16 Å². The Morgan fingerprint density at radius 3 is 2.40 bits per heavy atom. The molecule has 0 unspecified atom stereocenters. The van der Waals surface area contributed by atoms with Gasteiger partial charge in [0.05, 0.1) is 0 Å². The van der Waals surface area contributed by atoms with E-state index in [1.165, 1.54) is 0 Å². The van der Waals surface area contributed by atoms with Gasteiger partial charge in [-0.3, -0.25) is 0 Å². The topological polar surface area (TPSA) is 26.0 Å². The smallest absolute Gasteiger partial charge is 0.127 e. The van der Waals surface area contributed by atoms with Gasteiger partial charge in [-0.25, -0.2) is 0 Å². The molecule has 1 rings (SSSR count). The summed E-state index contributed by atoms with van der Waals surface area (Å²) in [5.41, 5.74) is 1.85. The van der Waals surface area contributed by atoms with E-state index in [1.54, 1.807) is 12.3 Å². The van der Waals surface area contributed by atoms with Crippen LogP contribution in [0.2, 0.25) is 0 Å². The normalized spacial score (nSPS) is 7.90. The molecule has 1 aromatic rings. The van der Waals surface area contributed by atoms with Crippen LogP contribution < -0.4 is 0 Å². The molecule has 2 heteroatoms. The summed E-state index contributed by atoms with van der Waals surface area (Å²) in [7, 11) is 0. The first kappa shape index (κ1) is 8.95. The van der Waals surface area contributed by atoms with E-state index in [1.807, 2.05) is 20.8 Å². The fourth-order valence-corrected chi connectivity index (χ4v) is 0.493. The van der Waals surface area contributed by atoms with E-state index in [-0.39, 0.29) is 0 Å². The first-order chi connectivity index (χ1) is 4.84. The molecule has 0 amide bonds. The molecule has 10 heavy (non-hydrogen) atoms. The molecule has 0 saturated heterocycles. The van der Waals surface area contributed by atoms with Crippen molar-refractivity contribution < 1.29 is 4.52 Å². The van der Waals surface area contributed by atoms with Crippen LogP contribution >= 0.6 is 0 Å². The Balaban J connectivity index is 0.000000371. The van der Waals surface area contributed by atoms with Crippen LogP contribution in [0, 0.1) is 6.92 Å². The third-order valence-corrected chi connectivity index (χ3v) is 0.978. The molecule has 0 atom stereocenters. The maximum atomic E-state index is 4.61. The summed E-state index contributed by atoms with van der Waals surface area (Å²) >= 11 is 0. The van der Waals surface area contributed by atoms with Crippen LogP contribution in [0.25, 0.3) is 6.08 Å². The van der Waals surface area contributed by atoms with Crippen molar-refractivity contribution in [2.45, 2.75) is 20.8 Å². The van der Waals surface area contributed by atoms with Gasteiger partial charge in [0.15, 0.2) is 0 Å². The summed E-state index contributed by atoms with van der Waals surface area (Å²) in [6, 6.07) is 0. The molecule has 0 aliphatic heterocycles. The molecule has 0 aromatic carbocycles. The van der Waals surface area contributed by atoms with Gasteiger partial charge in [-0.2, -0.15) is 0 Å². The molecule has 0 saturated carbocycles. The molecule has 0 aliphatic rings. The second-order valence-corrected chi connectivity index (χ2v) is 1.59. The fraction of sp³-hybridized carbons (Fsp3) is 0.375. The zero-order chi connectivity index (χ0) is 7.98. The molecular formula is C8H13NO. The molecule has 0 bridgehead atoms. The van der Waals surface area contributed by atoms with Crippen molar-refractivity contribution in [2.24, 2.45) is 0 Å². The lowest BCUT2D eigenvalue weighted by atomic mass is 10.3. The Bertz CT molecular complexity index is 191. The quantitative estimate of drug-likeness (QED) is 0.597. The fourth-order valence-electron chi connectivity index (χ4n) is 0.493. The Morgan fingerprint density at radius 2 is 2.20 bits per heavy atom. The van der Waals surface area contributed by atoms with Crippen molar-refractivity contribution in [1.82, 2.24) is 5.16 Å². The first-order valence-electron chi connectivity index (χ1n) is 3.38. The molecule has 0 aliphatic carbocycles. The lowest BCUT2D eigenvalue weighted by Gasteiger charge is -1.77. The molecule has 0 radical (unpaired) electrons. The highest BCUT2D eigenvalue weighted by atomic mass is 16.5. The van der Waals surface area contributed by atoms with Gasteiger partial charge < -0.3 is 4.52 Å². The summed E-state index contributed by atoms with van der Waals surface area (Å²) in [6.45, 7) is 9.47. The van der Waals surface area contributed by atoms with Gasteiger partial charge in [0, 0.05) is 5.56 Å². The molecule has 0 spiro atoms. The van der Waals surface area contributed by atoms with Crippen molar-refractivity contribution in [1.29, 1.82) is 0 Å². The van der Waals surface area contributed by atoms with Gasteiger partial charge in [-0.05, 0) is 13.0 Å². The van der Waals surface area contributed by atoms with Crippen molar-refractivity contribution in [3.05, 3.63) is 24.1 Å². The Morgan fingerprint density at radius 1 is 1.60 bits per heavy atom. The van der Waals surface area contributed by atoms with E-state index in [4.69, 9.17) is 0 Å². The summed E-state index contributed by atoms with van der Waals surface area (Å²) in [5.74, 6) is 0. The molecule has 1 aromatic heterocycles. The summed E-state index contributed by atoms with van der Waals surface area (Å²) in [6.07, 6.45) is 3.26. The van der Waals surface area contributed by atoms with E-state index in [0.717, 1.165) is 11.3 Å². The Labute approximate surface area is 61.5 Å². The van der Waals surface area contributed by atoms with Crippen molar-refractivity contribution >= 4 is 6.08 Å². The maximum absolute atomic E-state index is 4.61. The summed E-state index contributed by atoms with van der Waals surface area (Å²) < 4.78 is 4.61. The molecule has 0 N–H and O–H groups in total. The average Bonchev–Trinajstić information content (AvgIpc) is 2.39. The lowest BCUT2D eigenvalue weighted by molar-refractivity contribution is 0.418. The lowest BCUT2D eigenvalue weighted by Crippen LogP contribution is -1.70. The number of hydrogen-bond donors (Lipinski definition) is 0. The zero-order valence-electron chi connectivity index (χ0n) is 6.72. The molecular weight excluding hydrogens is 126 g/mol. The number of hydrogen-bond acceptors (Lipinski definition) is 2. The van der Waals surface area contributed by atoms with Crippen LogP contribution in [0.4, 0.5) is 0 Å². The van der Waals surface area contributed by atoms with Gasteiger partial charge >= 0.3 is 0 Å². The predicted octanol–water partition coefficient (Wildman–Crippen LogP) is 2.65. The summed E-state index contributed by atoms with van der Waals surface area (Å²) in [5, 5.41) is 3.64. The number of rotatable bonds is 1. The Kier molecular flexibility index (Phi) is 4.29. The van der Waals surface area contributed by atoms with Gasteiger partial charge in [0.1, 0.15) is 12.0 Å². The zero-order valence-corrected chi connectivity index (χ0v) is 6.72. The highest BCUT2D eigenvalue weighted by Crippen LogP contribution is 2.03. The van der Waals surface area contributed by atoms with Crippen LogP contribution in [0.5, 0.6) is 0 Å². The van der Waals surface area contributed by atoms with Crippen LogP contribution in [0.3, 0.4) is 0 Å². The second-order valence-electron chi connectivity index (χ2n) is 1.59. The average molecular weight is 139 g/mol. The van der Waals surface area contributed by atoms with Gasteiger partial charge in [-0.1, -0.05) is 25.6 Å². The van der Waals surface area contributed by atoms with Gasteiger partial charge in [0.25, 0.3) is 0 Å². The van der Waals surface area contributed by atoms with Crippen LogP contribution in [0.15, 0.2) is 17.4 Å². The standard InChI is InChI=1S/C6H7NO.C2H6/c1-3-6-5(2)4-8-7-6;1-2/h3-4H,1H2,2H3;1-2H3. The third-order valence-electron chi connectivity index (χ3n) is 0.978. The van der Waals surface area contributed by atoms with Gasteiger partial charge in [-0.15, -0.1) is 0 Å². The van der Waals surface area contributed by atoms with E-state index in [0.29, 0.717) is 0 Å². The first-order valence-corrected chi connectivity index (χ1v) is 3.38. The SMILES string of the molecule is C=Cc1nocc1C.CC. The van der Waals surface area contributed by atoms with E-state index >= 15 is 0 Å².